The van der Waals surface area contributed by atoms with Crippen molar-refractivity contribution in [3.05, 3.63) is 52.2 Å². The first-order chi connectivity index (χ1) is 11.1. The maximum absolute atomic E-state index is 12.0. The topological polar surface area (TPSA) is 67.4 Å². The molecule has 0 saturated heterocycles. The third-order valence-electron chi connectivity index (χ3n) is 3.51. The Labute approximate surface area is 139 Å². The minimum atomic E-state index is -0.254. The van der Waals surface area contributed by atoms with Crippen molar-refractivity contribution < 1.29 is 14.3 Å². The maximum Gasteiger partial charge on any atom is 0.239 e. The van der Waals surface area contributed by atoms with Gasteiger partial charge in [0, 0.05) is 6.54 Å². The Morgan fingerprint density at radius 1 is 1.17 bits per heavy atom. The summed E-state index contributed by atoms with van der Waals surface area (Å²) in [4.78, 5) is 23.8. The lowest BCUT2D eigenvalue weighted by Gasteiger charge is -2.11. The summed E-state index contributed by atoms with van der Waals surface area (Å²) in [6, 6.07) is 9.36. The second-order valence-electron chi connectivity index (χ2n) is 5.12. The number of nitrogens with one attached hydrogen (secondary N) is 2. The Balaban J connectivity index is 1.73. The van der Waals surface area contributed by atoms with Crippen LogP contribution in [-0.2, 0) is 16.1 Å². The lowest BCUT2D eigenvalue weighted by atomic mass is 10.0. The normalized spacial score (nSPS) is 11.6. The van der Waals surface area contributed by atoms with Gasteiger partial charge in [0.2, 0.25) is 11.8 Å². The third kappa shape index (κ3) is 5.10. The van der Waals surface area contributed by atoms with Crippen molar-refractivity contribution in [2.75, 3.05) is 13.7 Å². The van der Waals surface area contributed by atoms with E-state index in [4.69, 9.17) is 4.74 Å². The summed E-state index contributed by atoms with van der Waals surface area (Å²) in [5, 5.41) is 9.30. The molecular weight excluding hydrogens is 312 g/mol. The number of ether oxygens (including phenoxy) is 1. The number of carbonyl (C=O) groups excluding carboxylic acids is 2. The molecule has 1 aromatic heterocycles. The minimum absolute atomic E-state index is 0.0243. The van der Waals surface area contributed by atoms with Crippen LogP contribution in [0.1, 0.15) is 24.0 Å². The molecular formula is C17H20N2O3S. The highest BCUT2D eigenvalue weighted by Crippen LogP contribution is 2.17. The molecule has 122 valence electrons. The highest BCUT2D eigenvalue weighted by molar-refractivity contribution is 7.08. The van der Waals surface area contributed by atoms with Crippen molar-refractivity contribution in [2.24, 2.45) is 0 Å². The van der Waals surface area contributed by atoms with Crippen LogP contribution in [-0.4, -0.2) is 25.5 Å². The largest absolute Gasteiger partial charge is 0.497 e. The van der Waals surface area contributed by atoms with Crippen LogP contribution in [0, 0.1) is 0 Å². The number of carbonyl (C=O) groups is 2. The highest BCUT2D eigenvalue weighted by Gasteiger charge is 2.16. The Morgan fingerprint density at radius 3 is 2.52 bits per heavy atom. The zero-order valence-corrected chi connectivity index (χ0v) is 14.0. The van der Waals surface area contributed by atoms with Gasteiger partial charge in [0.15, 0.2) is 0 Å². The van der Waals surface area contributed by atoms with Gasteiger partial charge in [-0.25, -0.2) is 0 Å². The zero-order valence-electron chi connectivity index (χ0n) is 13.2. The SMILES string of the molecule is COc1ccc(CNC(=O)CNC(=O)[C@@H](C)c2ccsc2)cc1. The molecule has 6 heteroatoms. The fraction of sp³-hybridized carbons (Fsp3) is 0.294. The molecule has 2 amide bonds. The molecule has 0 bridgehead atoms. The first-order valence-electron chi connectivity index (χ1n) is 7.29. The van der Waals surface area contributed by atoms with E-state index < -0.39 is 0 Å². The van der Waals surface area contributed by atoms with Gasteiger partial charge in [0.05, 0.1) is 19.6 Å². The fourth-order valence-electron chi connectivity index (χ4n) is 2.00. The summed E-state index contributed by atoms with van der Waals surface area (Å²) in [7, 11) is 1.61. The van der Waals surface area contributed by atoms with E-state index in [1.54, 1.807) is 18.4 Å². The number of benzene rings is 1. The van der Waals surface area contributed by atoms with Gasteiger partial charge in [0.25, 0.3) is 0 Å². The minimum Gasteiger partial charge on any atom is -0.497 e. The molecule has 1 atom stereocenters. The van der Waals surface area contributed by atoms with Crippen LogP contribution >= 0.6 is 11.3 Å². The molecule has 0 saturated carbocycles. The number of methoxy groups -OCH3 is 1. The van der Waals surface area contributed by atoms with E-state index in [1.165, 1.54) is 0 Å². The number of hydrogen-bond acceptors (Lipinski definition) is 4. The van der Waals surface area contributed by atoms with Crippen LogP contribution in [0.2, 0.25) is 0 Å². The number of thiophene rings is 1. The summed E-state index contributed by atoms with van der Waals surface area (Å²) in [5.74, 6) is 0.153. The number of amides is 2. The number of rotatable bonds is 7. The lowest BCUT2D eigenvalue weighted by molar-refractivity contribution is -0.126. The van der Waals surface area contributed by atoms with Gasteiger partial charge in [-0.3, -0.25) is 9.59 Å². The van der Waals surface area contributed by atoms with E-state index in [1.807, 2.05) is 48.0 Å². The summed E-state index contributed by atoms with van der Waals surface area (Å²) in [5.41, 5.74) is 1.93. The van der Waals surface area contributed by atoms with Crippen LogP contribution < -0.4 is 15.4 Å². The molecule has 0 aliphatic heterocycles. The van der Waals surface area contributed by atoms with Crippen molar-refractivity contribution in [3.63, 3.8) is 0 Å². The van der Waals surface area contributed by atoms with Crippen LogP contribution in [0.15, 0.2) is 41.1 Å². The van der Waals surface area contributed by atoms with Gasteiger partial charge in [-0.05, 0) is 47.0 Å². The zero-order chi connectivity index (χ0) is 16.7. The standard InChI is InChI=1S/C17H20N2O3S/c1-12(14-7-8-23-11-14)17(21)19-10-16(20)18-9-13-3-5-15(22-2)6-4-13/h3-8,11-12H,9-10H2,1-2H3,(H,18,20)(H,19,21)/t12-/m0/s1. The highest BCUT2D eigenvalue weighted by atomic mass is 32.1. The molecule has 2 N–H and O–H groups in total. The summed E-state index contributed by atoms with van der Waals surface area (Å²) < 4.78 is 5.08. The molecule has 0 unspecified atom stereocenters. The van der Waals surface area contributed by atoms with Crippen molar-refractivity contribution in [2.45, 2.75) is 19.4 Å². The van der Waals surface area contributed by atoms with Gasteiger partial charge >= 0.3 is 0 Å². The van der Waals surface area contributed by atoms with Crippen molar-refractivity contribution >= 4 is 23.2 Å². The van der Waals surface area contributed by atoms with E-state index in [0.29, 0.717) is 6.54 Å². The molecule has 0 radical (unpaired) electrons. The molecule has 2 rings (SSSR count). The van der Waals surface area contributed by atoms with Crippen LogP contribution in [0.4, 0.5) is 0 Å². The molecule has 1 heterocycles. The fourth-order valence-corrected chi connectivity index (χ4v) is 2.75. The monoisotopic (exact) mass is 332 g/mol. The number of hydrogen-bond donors (Lipinski definition) is 2. The second-order valence-corrected chi connectivity index (χ2v) is 5.90. The van der Waals surface area contributed by atoms with Gasteiger partial charge in [-0.2, -0.15) is 11.3 Å². The van der Waals surface area contributed by atoms with Crippen LogP contribution in [0.3, 0.4) is 0 Å². The first-order valence-corrected chi connectivity index (χ1v) is 8.24. The summed E-state index contributed by atoms with van der Waals surface area (Å²) >= 11 is 1.55. The van der Waals surface area contributed by atoms with Gasteiger partial charge < -0.3 is 15.4 Å². The Morgan fingerprint density at radius 2 is 1.91 bits per heavy atom. The van der Waals surface area contributed by atoms with E-state index in [0.717, 1.165) is 16.9 Å². The van der Waals surface area contributed by atoms with Gasteiger partial charge in [-0.15, -0.1) is 0 Å². The van der Waals surface area contributed by atoms with E-state index in [2.05, 4.69) is 10.6 Å². The van der Waals surface area contributed by atoms with Gasteiger partial charge in [-0.1, -0.05) is 12.1 Å². The molecule has 23 heavy (non-hydrogen) atoms. The lowest BCUT2D eigenvalue weighted by Crippen LogP contribution is -2.38. The Hall–Kier alpha value is -2.34. The predicted octanol–water partition coefficient (Wildman–Crippen LogP) is 2.29. The van der Waals surface area contributed by atoms with Crippen molar-refractivity contribution in [3.8, 4) is 5.75 Å². The Bertz CT molecular complexity index is 638. The first kappa shape index (κ1) is 17.0. The predicted molar refractivity (Wildman–Crippen MR) is 90.6 cm³/mol. The van der Waals surface area contributed by atoms with Crippen molar-refractivity contribution in [1.82, 2.24) is 10.6 Å². The average molecular weight is 332 g/mol. The van der Waals surface area contributed by atoms with Gasteiger partial charge in [0.1, 0.15) is 5.75 Å². The molecule has 5 nitrogen and oxygen atoms in total. The third-order valence-corrected chi connectivity index (χ3v) is 4.21. The smallest absolute Gasteiger partial charge is 0.239 e. The quantitative estimate of drug-likeness (QED) is 0.817. The molecule has 0 spiro atoms. The summed E-state index contributed by atoms with van der Waals surface area (Å²) in [6.45, 7) is 2.22. The molecule has 0 aliphatic carbocycles. The molecule has 0 fully saturated rings. The average Bonchev–Trinajstić information content (AvgIpc) is 3.12. The van der Waals surface area contributed by atoms with E-state index in [-0.39, 0.29) is 24.3 Å². The van der Waals surface area contributed by atoms with E-state index in [9.17, 15) is 9.59 Å². The summed E-state index contributed by atoms with van der Waals surface area (Å²) in [6.07, 6.45) is 0. The van der Waals surface area contributed by atoms with Crippen molar-refractivity contribution in [1.29, 1.82) is 0 Å². The van der Waals surface area contributed by atoms with Crippen LogP contribution in [0.25, 0.3) is 0 Å². The molecule has 1 aromatic carbocycles. The second kappa shape index (κ2) is 8.33. The maximum atomic E-state index is 12.0. The Kier molecular flexibility index (Phi) is 6.17. The molecule has 2 aromatic rings. The van der Waals surface area contributed by atoms with Crippen LogP contribution in [0.5, 0.6) is 5.75 Å². The van der Waals surface area contributed by atoms with E-state index >= 15 is 0 Å². The molecule has 0 aliphatic rings.